The number of anilines is 1. The zero-order valence-corrected chi connectivity index (χ0v) is 18.0. The summed E-state index contributed by atoms with van der Waals surface area (Å²) < 4.78 is 42.9. The molecule has 1 saturated carbocycles. The SMILES string of the molecule is O=C(NNc1ccc(S(=O)(=O)NC2CC2)cc1)c1nn(-c2ccccc2F)c2c1CCC2. The van der Waals surface area contributed by atoms with Crippen LogP contribution in [-0.4, -0.2) is 30.1 Å². The van der Waals surface area contributed by atoms with Crippen molar-refractivity contribution in [3.05, 3.63) is 71.3 Å². The number of sulfonamides is 1. The van der Waals surface area contributed by atoms with E-state index in [1.807, 2.05) is 0 Å². The smallest absolute Gasteiger partial charge is 0.290 e. The highest BCUT2D eigenvalue weighted by Gasteiger charge is 2.29. The third-order valence-corrected chi connectivity index (χ3v) is 7.15. The Morgan fingerprint density at radius 2 is 1.81 bits per heavy atom. The fourth-order valence-corrected chi connectivity index (χ4v) is 5.14. The van der Waals surface area contributed by atoms with Crippen LogP contribution in [0.4, 0.5) is 10.1 Å². The van der Waals surface area contributed by atoms with Crippen molar-refractivity contribution in [2.45, 2.75) is 43.0 Å². The second-order valence-electron chi connectivity index (χ2n) is 7.99. The van der Waals surface area contributed by atoms with Crippen LogP contribution in [0.2, 0.25) is 0 Å². The van der Waals surface area contributed by atoms with Crippen molar-refractivity contribution in [2.24, 2.45) is 0 Å². The standard InChI is InChI=1S/C22H22FN5O3S/c23-18-5-1-2-6-20(18)28-19-7-3-4-17(19)21(26-28)22(29)25-24-14-10-12-16(13-11-14)32(30,31)27-15-8-9-15/h1-2,5-6,10-13,15,24,27H,3-4,7-9H2,(H,25,29). The molecule has 0 atom stereocenters. The van der Waals surface area contributed by atoms with Crippen molar-refractivity contribution >= 4 is 21.6 Å². The Bertz CT molecular complexity index is 1280. The minimum atomic E-state index is -3.53. The van der Waals surface area contributed by atoms with E-state index in [1.165, 1.54) is 22.9 Å². The van der Waals surface area contributed by atoms with Crippen molar-refractivity contribution < 1.29 is 17.6 Å². The predicted molar refractivity (Wildman–Crippen MR) is 116 cm³/mol. The number of amides is 1. The largest absolute Gasteiger partial charge is 0.298 e. The first-order valence-corrected chi connectivity index (χ1v) is 11.9. The lowest BCUT2D eigenvalue weighted by Gasteiger charge is -2.10. The van der Waals surface area contributed by atoms with Crippen LogP contribution in [0.1, 0.15) is 41.0 Å². The number of nitrogens with zero attached hydrogens (tertiary/aromatic N) is 2. The molecule has 0 spiro atoms. The molecule has 0 radical (unpaired) electrons. The molecule has 1 amide bonds. The molecule has 1 fully saturated rings. The van der Waals surface area contributed by atoms with Gasteiger partial charge in [-0.3, -0.25) is 15.6 Å². The van der Waals surface area contributed by atoms with Gasteiger partial charge in [0.15, 0.2) is 5.69 Å². The second-order valence-corrected chi connectivity index (χ2v) is 9.70. The van der Waals surface area contributed by atoms with Gasteiger partial charge in [-0.1, -0.05) is 12.1 Å². The fraction of sp³-hybridized carbons (Fsp3) is 0.273. The molecule has 10 heteroatoms. The molecule has 2 aromatic carbocycles. The summed E-state index contributed by atoms with van der Waals surface area (Å²) in [6.45, 7) is 0. The van der Waals surface area contributed by atoms with Crippen molar-refractivity contribution in [1.29, 1.82) is 0 Å². The van der Waals surface area contributed by atoms with Crippen molar-refractivity contribution in [1.82, 2.24) is 19.9 Å². The van der Waals surface area contributed by atoms with Gasteiger partial charge in [0.1, 0.15) is 11.5 Å². The van der Waals surface area contributed by atoms with Crippen molar-refractivity contribution in [3.63, 3.8) is 0 Å². The molecule has 3 N–H and O–H groups in total. The Hall–Kier alpha value is -3.24. The molecule has 0 aliphatic heterocycles. The van der Waals surface area contributed by atoms with Crippen LogP contribution in [0.3, 0.4) is 0 Å². The van der Waals surface area contributed by atoms with Gasteiger partial charge < -0.3 is 0 Å². The van der Waals surface area contributed by atoms with Crippen molar-refractivity contribution in [3.8, 4) is 5.69 Å². The van der Waals surface area contributed by atoms with Crippen LogP contribution in [-0.2, 0) is 22.9 Å². The van der Waals surface area contributed by atoms with Gasteiger partial charge in [0, 0.05) is 17.3 Å². The summed E-state index contributed by atoms with van der Waals surface area (Å²) in [6, 6.07) is 12.5. The minimum absolute atomic E-state index is 0.0305. The van der Waals surface area contributed by atoms with Gasteiger partial charge in [0.25, 0.3) is 5.91 Å². The molecule has 166 valence electrons. The fourth-order valence-electron chi connectivity index (χ4n) is 3.84. The maximum Gasteiger partial charge on any atom is 0.290 e. The van der Waals surface area contributed by atoms with E-state index in [0.29, 0.717) is 17.8 Å². The molecule has 0 bridgehead atoms. The first-order chi connectivity index (χ1) is 15.4. The van der Waals surface area contributed by atoms with Gasteiger partial charge in [-0.15, -0.1) is 0 Å². The summed E-state index contributed by atoms with van der Waals surface area (Å²) in [5.74, 6) is -0.841. The molecule has 2 aliphatic carbocycles. The van der Waals surface area contributed by atoms with Crippen LogP contribution in [0.25, 0.3) is 5.69 Å². The van der Waals surface area contributed by atoms with Crippen LogP contribution in [0.5, 0.6) is 0 Å². The number of para-hydroxylation sites is 1. The van der Waals surface area contributed by atoms with Gasteiger partial charge in [-0.05, 0) is 68.5 Å². The highest BCUT2D eigenvalue weighted by Crippen LogP contribution is 2.28. The molecular weight excluding hydrogens is 433 g/mol. The second kappa shape index (κ2) is 8.03. The number of carbonyl (C=O) groups excluding carboxylic acids is 1. The highest BCUT2D eigenvalue weighted by atomic mass is 32.2. The van der Waals surface area contributed by atoms with E-state index >= 15 is 0 Å². The number of fused-ring (bicyclic) bond motifs is 1. The van der Waals surface area contributed by atoms with Gasteiger partial charge in [0.2, 0.25) is 10.0 Å². The number of rotatable bonds is 7. The van der Waals surface area contributed by atoms with Crippen LogP contribution in [0.15, 0.2) is 53.4 Å². The van der Waals surface area contributed by atoms with Gasteiger partial charge in [-0.2, -0.15) is 5.10 Å². The zero-order chi connectivity index (χ0) is 22.3. The van der Waals surface area contributed by atoms with E-state index in [9.17, 15) is 17.6 Å². The lowest BCUT2D eigenvalue weighted by Crippen LogP contribution is -2.30. The number of hydrogen-bond donors (Lipinski definition) is 3. The van der Waals surface area contributed by atoms with E-state index in [1.54, 1.807) is 30.3 Å². The lowest BCUT2D eigenvalue weighted by molar-refractivity contribution is 0.0956. The molecule has 5 rings (SSSR count). The van der Waals surface area contributed by atoms with Crippen molar-refractivity contribution in [2.75, 3.05) is 5.43 Å². The maximum absolute atomic E-state index is 14.3. The average molecular weight is 456 g/mol. The van der Waals surface area contributed by atoms with E-state index in [-0.39, 0.29) is 16.6 Å². The minimum Gasteiger partial charge on any atom is -0.298 e. The zero-order valence-electron chi connectivity index (χ0n) is 17.1. The third kappa shape index (κ3) is 3.98. The molecule has 32 heavy (non-hydrogen) atoms. The Morgan fingerprint density at radius 1 is 1.06 bits per heavy atom. The maximum atomic E-state index is 14.3. The summed E-state index contributed by atoms with van der Waals surface area (Å²) in [7, 11) is -3.53. The molecule has 0 saturated heterocycles. The lowest BCUT2D eigenvalue weighted by atomic mass is 10.2. The molecule has 2 aliphatic rings. The first-order valence-electron chi connectivity index (χ1n) is 10.5. The molecular formula is C22H22FN5O3S. The number of hydrogen-bond acceptors (Lipinski definition) is 5. The Kier molecular flexibility index (Phi) is 5.18. The normalized spacial score (nSPS) is 15.4. The van der Waals surface area contributed by atoms with Crippen LogP contribution in [0, 0.1) is 5.82 Å². The highest BCUT2D eigenvalue weighted by molar-refractivity contribution is 7.89. The summed E-state index contributed by atoms with van der Waals surface area (Å²) in [5.41, 5.74) is 8.14. The molecule has 1 aromatic heterocycles. The van der Waals surface area contributed by atoms with E-state index in [2.05, 4.69) is 20.7 Å². The Morgan fingerprint density at radius 3 is 2.53 bits per heavy atom. The van der Waals surface area contributed by atoms with E-state index < -0.39 is 21.7 Å². The Labute approximate surface area is 184 Å². The first kappa shape index (κ1) is 20.7. The molecule has 1 heterocycles. The molecule has 3 aromatic rings. The van der Waals surface area contributed by atoms with Gasteiger partial charge >= 0.3 is 0 Å². The average Bonchev–Trinajstić information content (AvgIpc) is 3.32. The van der Waals surface area contributed by atoms with E-state index in [0.717, 1.165) is 36.9 Å². The topological polar surface area (TPSA) is 105 Å². The summed E-state index contributed by atoms with van der Waals surface area (Å²) in [5, 5.41) is 4.39. The number of halogens is 1. The van der Waals surface area contributed by atoms with Crippen LogP contribution < -0.4 is 15.6 Å². The molecule has 8 nitrogen and oxygen atoms in total. The number of hydrazine groups is 1. The molecule has 0 unspecified atom stereocenters. The number of benzene rings is 2. The quantitative estimate of drug-likeness (QED) is 0.475. The van der Waals surface area contributed by atoms with Gasteiger partial charge in [-0.25, -0.2) is 22.2 Å². The number of carbonyl (C=O) groups is 1. The summed E-state index contributed by atoms with van der Waals surface area (Å²) in [6.07, 6.45) is 4.03. The summed E-state index contributed by atoms with van der Waals surface area (Å²) in [4.78, 5) is 13.0. The van der Waals surface area contributed by atoms with Crippen LogP contribution >= 0.6 is 0 Å². The predicted octanol–water partition coefficient (Wildman–Crippen LogP) is 2.70. The van der Waals surface area contributed by atoms with Gasteiger partial charge in [0.05, 0.1) is 10.6 Å². The summed E-state index contributed by atoms with van der Waals surface area (Å²) >= 11 is 0. The monoisotopic (exact) mass is 455 g/mol. The number of aromatic nitrogens is 2. The number of nitrogens with one attached hydrogen (secondary N) is 3. The third-order valence-electron chi connectivity index (χ3n) is 5.61. The Balaban J connectivity index is 1.31. The van der Waals surface area contributed by atoms with E-state index in [4.69, 9.17) is 0 Å².